The van der Waals surface area contributed by atoms with Crippen LogP contribution in [0, 0.1) is 0 Å². The Labute approximate surface area is 91.3 Å². The van der Waals surface area contributed by atoms with Crippen molar-refractivity contribution in [2.24, 2.45) is 0 Å². The molecule has 0 aromatic carbocycles. The van der Waals surface area contributed by atoms with E-state index in [2.05, 4.69) is 20.5 Å². The smallest absolute Gasteiger partial charge is 0.325 e. The zero-order chi connectivity index (χ0) is 11.7. The van der Waals surface area contributed by atoms with Crippen molar-refractivity contribution in [3.05, 3.63) is 11.6 Å². The van der Waals surface area contributed by atoms with Crippen LogP contribution in [0.5, 0.6) is 0 Å². The van der Waals surface area contributed by atoms with Crippen LogP contribution in [0.3, 0.4) is 0 Å². The van der Waals surface area contributed by atoms with Crippen molar-refractivity contribution in [1.82, 2.24) is 20.5 Å². The van der Waals surface area contributed by atoms with Crippen molar-refractivity contribution in [3.8, 4) is 0 Å². The Kier molecular flexibility index (Phi) is 2.59. The van der Waals surface area contributed by atoms with E-state index in [-0.39, 0.29) is 5.82 Å². The van der Waals surface area contributed by atoms with Gasteiger partial charge < -0.3 is 10.4 Å². The molecule has 3 N–H and O–H groups in total. The summed E-state index contributed by atoms with van der Waals surface area (Å²) in [5, 5.41) is 17.3. The first-order valence-corrected chi connectivity index (χ1v) is 5.04. The normalized spacial score (nSPS) is 16.8. The SMILES string of the molecule is C[C@H](NC(=O)c1n[nH]c(C2CC2)n1)C(=O)O. The van der Waals surface area contributed by atoms with Crippen molar-refractivity contribution >= 4 is 11.9 Å². The quantitative estimate of drug-likeness (QED) is 0.661. The van der Waals surface area contributed by atoms with Gasteiger partial charge in [0.15, 0.2) is 0 Å². The largest absolute Gasteiger partial charge is 0.480 e. The first-order valence-electron chi connectivity index (χ1n) is 5.04. The van der Waals surface area contributed by atoms with Crippen molar-refractivity contribution in [2.75, 3.05) is 0 Å². The molecule has 0 saturated heterocycles. The summed E-state index contributed by atoms with van der Waals surface area (Å²) in [4.78, 5) is 26.0. The number of amides is 1. The van der Waals surface area contributed by atoms with Gasteiger partial charge in [0.25, 0.3) is 5.91 Å². The Balaban J connectivity index is 1.99. The van der Waals surface area contributed by atoms with Crippen LogP contribution in [0.4, 0.5) is 0 Å². The first-order chi connectivity index (χ1) is 7.58. The molecule has 0 unspecified atom stereocenters. The predicted molar refractivity (Wildman–Crippen MR) is 52.9 cm³/mol. The number of carboxylic acid groups (broad SMARTS) is 1. The summed E-state index contributed by atoms with van der Waals surface area (Å²) in [6, 6.07) is -0.949. The van der Waals surface area contributed by atoms with E-state index >= 15 is 0 Å². The second-order valence-corrected chi connectivity index (χ2v) is 3.85. The second kappa shape index (κ2) is 3.92. The van der Waals surface area contributed by atoms with E-state index in [9.17, 15) is 9.59 Å². The number of nitrogens with one attached hydrogen (secondary N) is 2. The monoisotopic (exact) mass is 224 g/mol. The van der Waals surface area contributed by atoms with Gasteiger partial charge >= 0.3 is 5.97 Å². The summed E-state index contributed by atoms with van der Waals surface area (Å²) in [5.74, 6) is -0.585. The second-order valence-electron chi connectivity index (χ2n) is 3.85. The minimum absolute atomic E-state index is 0.00463. The number of carboxylic acids is 1. The van der Waals surface area contributed by atoms with E-state index in [0.717, 1.165) is 12.8 Å². The maximum atomic E-state index is 11.5. The highest BCUT2D eigenvalue weighted by Gasteiger charge is 2.28. The van der Waals surface area contributed by atoms with Gasteiger partial charge in [-0.25, -0.2) is 4.98 Å². The number of rotatable bonds is 4. The van der Waals surface area contributed by atoms with Gasteiger partial charge in [-0.1, -0.05) is 0 Å². The van der Waals surface area contributed by atoms with Gasteiger partial charge in [0.1, 0.15) is 11.9 Å². The molecule has 7 nitrogen and oxygen atoms in total. The highest BCUT2D eigenvalue weighted by molar-refractivity contribution is 5.93. The molecule has 1 amide bonds. The number of hydrogen-bond acceptors (Lipinski definition) is 4. The summed E-state index contributed by atoms with van der Waals surface area (Å²) in [6.07, 6.45) is 2.11. The van der Waals surface area contributed by atoms with Gasteiger partial charge in [-0.05, 0) is 19.8 Å². The average molecular weight is 224 g/mol. The Morgan fingerprint density at radius 1 is 1.56 bits per heavy atom. The maximum absolute atomic E-state index is 11.5. The number of nitrogens with zero attached hydrogens (tertiary/aromatic N) is 2. The molecule has 0 spiro atoms. The summed E-state index contributed by atoms with van der Waals surface area (Å²) in [7, 11) is 0. The molecule has 0 bridgehead atoms. The minimum atomic E-state index is -1.09. The van der Waals surface area contributed by atoms with Crippen LogP contribution in [-0.4, -0.2) is 38.2 Å². The highest BCUT2D eigenvalue weighted by atomic mass is 16.4. The van der Waals surface area contributed by atoms with Gasteiger partial charge in [-0.2, -0.15) is 0 Å². The maximum Gasteiger partial charge on any atom is 0.325 e. The number of H-pyrrole nitrogens is 1. The molecule has 1 aromatic rings. The van der Waals surface area contributed by atoms with Crippen LogP contribution in [0.15, 0.2) is 0 Å². The lowest BCUT2D eigenvalue weighted by Crippen LogP contribution is -2.38. The number of aromatic nitrogens is 3. The van der Waals surface area contributed by atoms with E-state index in [4.69, 9.17) is 5.11 Å². The van der Waals surface area contributed by atoms with Crippen LogP contribution in [0.1, 0.15) is 42.1 Å². The van der Waals surface area contributed by atoms with Crippen LogP contribution in [-0.2, 0) is 4.79 Å². The van der Waals surface area contributed by atoms with Crippen molar-refractivity contribution in [3.63, 3.8) is 0 Å². The van der Waals surface area contributed by atoms with Crippen molar-refractivity contribution in [1.29, 1.82) is 0 Å². The Hall–Kier alpha value is -1.92. The fourth-order valence-corrected chi connectivity index (χ4v) is 1.24. The van der Waals surface area contributed by atoms with Gasteiger partial charge in [-0.15, -0.1) is 5.10 Å². The highest BCUT2D eigenvalue weighted by Crippen LogP contribution is 2.37. The summed E-state index contributed by atoms with van der Waals surface area (Å²) >= 11 is 0. The lowest BCUT2D eigenvalue weighted by atomic mass is 10.3. The molecule has 0 radical (unpaired) electrons. The molecular weight excluding hydrogens is 212 g/mol. The summed E-state index contributed by atoms with van der Waals surface area (Å²) in [5.41, 5.74) is 0. The molecule has 0 aliphatic heterocycles. The van der Waals surface area contributed by atoms with Crippen LogP contribution in [0.25, 0.3) is 0 Å². The number of hydrogen-bond donors (Lipinski definition) is 3. The lowest BCUT2D eigenvalue weighted by molar-refractivity contribution is -0.138. The summed E-state index contributed by atoms with van der Waals surface area (Å²) < 4.78 is 0. The fourth-order valence-electron chi connectivity index (χ4n) is 1.24. The van der Waals surface area contributed by atoms with Gasteiger partial charge in [0, 0.05) is 5.92 Å². The molecule has 1 atom stereocenters. The minimum Gasteiger partial charge on any atom is -0.480 e. The van der Waals surface area contributed by atoms with E-state index < -0.39 is 17.9 Å². The number of carbonyl (C=O) groups is 2. The Morgan fingerprint density at radius 2 is 2.25 bits per heavy atom. The summed E-state index contributed by atoms with van der Waals surface area (Å²) in [6.45, 7) is 1.38. The van der Waals surface area contributed by atoms with Crippen LogP contribution >= 0.6 is 0 Å². The molecule has 16 heavy (non-hydrogen) atoms. The molecule has 86 valence electrons. The standard InChI is InChI=1S/C9H12N4O3/c1-4(9(15)16)10-8(14)7-11-6(12-13-7)5-2-3-5/h4-5H,2-3H2,1H3,(H,10,14)(H,15,16)(H,11,12,13)/t4-/m0/s1. The predicted octanol–water partition coefficient (Wildman–Crippen LogP) is -0.115. The molecular formula is C9H12N4O3. The van der Waals surface area contributed by atoms with E-state index in [1.165, 1.54) is 6.92 Å². The van der Waals surface area contributed by atoms with Gasteiger partial charge in [-0.3, -0.25) is 14.7 Å². The van der Waals surface area contributed by atoms with Crippen LogP contribution in [0.2, 0.25) is 0 Å². The van der Waals surface area contributed by atoms with E-state index in [0.29, 0.717) is 11.7 Å². The van der Waals surface area contributed by atoms with Gasteiger partial charge in [0.05, 0.1) is 0 Å². The third-order valence-corrected chi connectivity index (χ3v) is 2.39. The first kappa shape index (κ1) is 10.6. The average Bonchev–Trinajstić information content (AvgIpc) is 2.96. The van der Waals surface area contributed by atoms with E-state index in [1.54, 1.807) is 0 Å². The zero-order valence-corrected chi connectivity index (χ0v) is 8.73. The third kappa shape index (κ3) is 2.18. The third-order valence-electron chi connectivity index (χ3n) is 2.39. The lowest BCUT2D eigenvalue weighted by Gasteiger charge is -2.05. The Bertz CT molecular complexity index is 424. The Morgan fingerprint density at radius 3 is 2.81 bits per heavy atom. The van der Waals surface area contributed by atoms with Gasteiger partial charge in [0.2, 0.25) is 5.82 Å². The zero-order valence-electron chi connectivity index (χ0n) is 8.73. The number of carbonyl (C=O) groups excluding carboxylic acids is 1. The van der Waals surface area contributed by atoms with E-state index in [1.807, 2.05) is 0 Å². The van der Waals surface area contributed by atoms with Crippen molar-refractivity contribution in [2.45, 2.75) is 31.7 Å². The number of aromatic amines is 1. The van der Waals surface area contributed by atoms with Crippen LogP contribution < -0.4 is 5.32 Å². The fraction of sp³-hybridized carbons (Fsp3) is 0.556. The molecule has 1 fully saturated rings. The molecule has 2 rings (SSSR count). The molecule has 1 aromatic heterocycles. The molecule has 1 aliphatic rings. The topological polar surface area (TPSA) is 108 Å². The number of aliphatic carboxylic acids is 1. The molecule has 7 heteroatoms. The molecule has 1 heterocycles. The molecule has 1 aliphatic carbocycles. The molecule has 1 saturated carbocycles. The van der Waals surface area contributed by atoms with Crippen molar-refractivity contribution < 1.29 is 14.7 Å².